The fraction of sp³-hybridized carbons (Fsp3) is 1.00. The highest BCUT2D eigenvalue weighted by molar-refractivity contribution is 4.73. The number of hydrogen-bond acceptors (Lipinski definition) is 4. The molecule has 0 aromatic heterocycles. The Morgan fingerprint density at radius 3 is 2.06 bits per heavy atom. The van der Waals surface area contributed by atoms with E-state index < -0.39 is 18.4 Å². The number of halogens is 3. The Morgan fingerprint density at radius 1 is 0.941 bits per heavy atom. The minimum Gasteiger partial charge on any atom is -0.359 e. The molecule has 0 amide bonds. The van der Waals surface area contributed by atoms with Crippen LogP contribution in [-0.4, -0.2) is 41.8 Å². The van der Waals surface area contributed by atoms with Gasteiger partial charge in [-0.2, -0.15) is 13.2 Å². The summed E-state index contributed by atoms with van der Waals surface area (Å²) in [6.07, 6.45) is -3.44. The van der Waals surface area contributed by atoms with E-state index in [2.05, 4.69) is 5.32 Å². The van der Waals surface area contributed by atoms with E-state index in [1.54, 1.807) is 0 Å². The Morgan fingerprint density at radius 2 is 1.53 bits per heavy atom. The van der Waals surface area contributed by atoms with Crippen LogP contribution < -0.4 is 11.1 Å². The van der Waals surface area contributed by atoms with Gasteiger partial charge in [-0.05, 0) is 38.9 Å². The molecule has 5 N–H and O–H groups in total. The van der Waals surface area contributed by atoms with Crippen LogP contribution in [0, 0.1) is 0 Å². The van der Waals surface area contributed by atoms with E-state index in [1.165, 1.54) is 0 Å². The molecule has 0 aromatic rings. The first-order valence-electron chi connectivity index (χ1n) is 5.73. The molecule has 0 saturated carbocycles. The Kier molecular flexibility index (Phi) is 7.69. The van der Waals surface area contributed by atoms with Crippen molar-refractivity contribution in [2.24, 2.45) is 5.73 Å². The van der Waals surface area contributed by atoms with E-state index in [4.69, 9.17) is 15.9 Å². The van der Waals surface area contributed by atoms with Crippen molar-refractivity contribution >= 4 is 0 Å². The Hall–Kier alpha value is -0.370. The molecule has 4 nitrogen and oxygen atoms in total. The third-order valence-electron chi connectivity index (χ3n) is 2.39. The van der Waals surface area contributed by atoms with Gasteiger partial charge in [-0.15, -0.1) is 0 Å². The minimum atomic E-state index is -4.98. The number of alkyl halides is 3. The molecule has 7 heteroatoms. The molecule has 0 aromatic carbocycles. The zero-order chi connectivity index (χ0) is 13.4. The van der Waals surface area contributed by atoms with Gasteiger partial charge in [0.1, 0.15) is 0 Å². The maximum Gasteiger partial charge on any atom is 0.442 e. The van der Waals surface area contributed by atoms with Crippen LogP contribution in [-0.2, 0) is 0 Å². The highest BCUT2D eigenvalue weighted by Crippen LogP contribution is 2.31. The standard InChI is InChI=1S/C10H21F3N2O2/c11-10(12,13)9(16,17)5-2-1-3-7-15-8-4-6-14/h15-17H,1-8,14H2. The number of aliphatic hydroxyl groups is 2. The monoisotopic (exact) mass is 258 g/mol. The second-order valence-corrected chi connectivity index (χ2v) is 4.02. The summed E-state index contributed by atoms with van der Waals surface area (Å²) < 4.78 is 36.1. The second kappa shape index (κ2) is 7.86. The van der Waals surface area contributed by atoms with Crippen LogP contribution in [0.5, 0.6) is 0 Å². The summed E-state index contributed by atoms with van der Waals surface area (Å²) in [5, 5.41) is 20.5. The molecular formula is C10H21F3N2O2. The molecular weight excluding hydrogens is 237 g/mol. The van der Waals surface area contributed by atoms with Crippen LogP contribution in [0.15, 0.2) is 0 Å². The maximum absolute atomic E-state index is 12.0. The number of rotatable bonds is 9. The third-order valence-corrected chi connectivity index (χ3v) is 2.39. The second-order valence-electron chi connectivity index (χ2n) is 4.02. The van der Waals surface area contributed by atoms with E-state index in [0.717, 1.165) is 13.0 Å². The summed E-state index contributed by atoms with van der Waals surface area (Å²) in [6.45, 7) is 2.11. The highest BCUT2D eigenvalue weighted by Gasteiger charge is 2.51. The smallest absolute Gasteiger partial charge is 0.359 e. The molecule has 0 aliphatic rings. The first-order chi connectivity index (χ1) is 7.81. The minimum absolute atomic E-state index is 0.130. The van der Waals surface area contributed by atoms with E-state index in [-0.39, 0.29) is 6.42 Å². The largest absolute Gasteiger partial charge is 0.442 e. The predicted molar refractivity (Wildman–Crippen MR) is 58.2 cm³/mol. The van der Waals surface area contributed by atoms with Gasteiger partial charge < -0.3 is 21.3 Å². The molecule has 0 bridgehead atoms. The predicted octanol–water partition coefficient (Wildman–Crippen LogP) is 0.728. The SMILES string of the molecule is NCCCNCCCCCC(O)(O)C(F)(F)F. The van der Waals surface area contributed by atoms with Crippen molar-refractivity contribution < 1.29 is 23.4 Å². The molecule has 0 rings (SSSR count). The van der Waals surface area contributed by atoms with Gasteiger partial charge in [0, 0.05) is 6.42 Å². The lowest BCUT2D eigenvalue weighted by molar-refractivity contribution is -0.351. The normalized spacial score (nSPS) is 13.1. The van der Waals surface area contributed by atoms with Crippen LogP contribution in [0.25, 0.3) is 0 Å². The van der Waals surface area contributed by atoms with E-state index in [0.29, 0.717) is 25.9 Å². The lowest BCUT2D eigenvalue weighted by Crippen LogP contribution is -2.44. The summed E-state index contributed by atoms with van der Waals surface area (Å²) in [6, 6.07) is 0. The van der Waals surface area contributed by atoms with E-state index in [9.17, 15) is 13.2 Å². The van der Waals surface area contributed by atoms with Crippen LogP contribution in [0.3, 0.4) is 0 Å². The number of hydrogen-bond donors (Lipinski definition) is 4. The van der Waals surface area contributed by atoms with Crippen molar-refractivity contribution in [2.45, 2.75) is 44.1 Å². The summed E-state index contributed by atoms with van der Waals surface area (Å²) in [7, 11) is 0. The molecule has 0 saturated heterocycles. The Labute approximate surface area is 99.0 Å². The van der Waals surface area contributed by atoms with Crippen molar-refractivity contribution in [2.75, 3.05) is 19.6 Å². The average molecular weight is 258 g/mol. The molecule has 0 radical (unpaired) electrons. The van der Waals surface area contributed by atoms with Gasteiger partial charge in [0.2, 0.25) is 0 Å². The summed E-state index contributed by atoms with van der Waals surface area (Å²) >= 11 is 0. The van der Waals surface area contributed by atoms with E-state index >= 15 is 0 Å². The fourth-order valence-electron chi connectivity index (χ4n) is 1.29. The summed E-state index contributed by atoms with van der Waals surface area (Å²) in [4.78, 5) is 0. The van der Waals surface area contributed by atoms with Crippen molar-refractivity contribution in [3.8, 4) is 0 Å². The molecule has 0 spiro atoms. The van der Waals surface area contributed by atoms with Crippen molar-refractivity contribution in [1.29, 1.82) is 0 Å². The molecule has 0 atom stereocenters. The summed E-state index contributed by atoms with van der Waals surface area (Å²) in [5.74, 6) is -3.56. The van der Waals surface area contributed by atoms with Crippen molar-refractivity contribution in [3.63, 3.8) is 0 Å². The maximum atomic E-state index is 12.0. The number of unbranched alkanes of at least 4 members (excludes halogenated alkanes) is 2. The first-order valence-corrected chi connectivity index (χ1v) is 5.73. The van der Waals surface area contributed by atoms with Crippen LogP contribution in [0.2, 0.25) is 0 Å². The van der Waals surface area contributed by atoms with E-state index in [1.807, 2.05) is 0 Å². The van der Waals surface area contributed by atoms with Gasteiger partial charge >= 0.3 is 6.18 Å². The average Bonchev–Trinajstić information content (AvgIpc) is 2.20. The van der Waals surface area contributed by atoms with Crippen molar-refractivity contribution in [1.82, 2.24) is 5.32 Å². The number of nitrogens with two attached hydrogens (primary N) is 1. The Balaban J connectivity index is 3.46. The third kappa shape index (κ3) is 7.54. The molecule has 0 fully saturated rings. The molecule has 17 heavy (non-hydrogen) atoms. The van der Waals surface area contributed by atoms with Crippen molar-refractivity contribution in [3.05, 3.63) is 0 Å². The van der Waals surface area contributed by atoms with Gasteiger partial charge in [0.05, 0.1) is 0 Å². The first kappa shape index (κ1) is 16.6. The highest BCUT2D eigenvalue weighted by atomic mass is 19.4. The summed E-state index contributed by atoms with van der Waals surface area (Å²) in [5.41, 5.74) is 5.28. The van der Waals surface area contributed by atoms with Crippen LogP contribution in [0.4, 0.5) is 13.2 Å². The number of nitrogens with one attached hydrogen (secondary N) is 1. The quantitative estimate of drug-likeness (QED) is 0.363. The lowest BCUT2D eigenvalue weighted by Gasteiger charge is -2.24. The van der Waals surface area contributed by atoms with Crippen LogP contribution in [0.1, 0.15) is 32.1 Å². The van der Waals surface area contributed by atoms with Gasteiger partial charge in [0.25, 0.3) is 5.79 Å². The fourth-order valence-corrected chi connectivity index (χ4v) is 1.29. The molecule has 104 valence electrons. The zero-order valence-electron chi connectivity index (χ0n) is 9.76. The molecule has 0 unspecified atom stereocenters. The molecule has 0 aliphatic heterocycles. The molecule has 0 heterocycles. The molecule has 0 aliphatic carbocycles. The lowest BCUT2D eigenvalue weighted by atomic mass is 10.1. The van der Waals surface area contributed by atoms with Gasteiger partial charge in [-0.3, -0.25) is 0 Å². The van der Waals surface area contributed by atoms with Crippen LogP contribution >= 0.6 is 0 Å². The van der Waals surface area contributed by atoms with Gasteiger partial charge in [0.15, 0.2) is 0 Å². The van der Waals surface area contributed by atoms with Gasteiger partial charge in [-0.1, -0.05) is 6.42 Å². The Bertz CT molecular complexity index is 198. The topological polar surface area (TPSA) is 78.5 Å². The zero-order valence-corrected chi connectivity index (χ0v) is 9.76. The van der Waals surface area contributed by atoms with Gasteiger partial charge in [-0.25, -0.2) is 0 Å².